The molecule has 1 nitrogen and oxygen atoms in total. The summed E-state index contributed by atoms with van der Waals surface area (Å²) in [7, 11) is 0. The third-order valence-electron chi connectivity index (χ3n) is 3.73. The zero-order valence-electron chi connectivity index (χ0n) is 10.3. The zero-order valence-corrected chi connectivity index (χ0v) is 11.2. The van der Waals surface area contributed by atoms with Gasteiger partial charge in [0, 0.05) is 21.4 Å². The first kappa shape index (κ1) is 11.6. The van der Waals surface area contributed by atoms with Crippen LogP contribution in [0.2, 0.25) is 0 Å². The fourth-order valence-electron chi connectivity index (χ4n) is 1.74. The van der Waals surface area contributed by atoms with E-state index in [4.69, 9.17) is 12.6 Å². The third-order valence-corrected chi connectivity index (χ3v) is 4.29. The molecule has 0 spiro atoms. The maximum Gasteiger partial charge on any atom is 0.0456 e. The molecule has 0 aliphatic carbocycles. The first-order valence-electron chi connectivity index (χ1n) is 5.63. The summed E-state index contributed by atoms with van der Waals surface area (Å²) in [5, 5.41) is 1.27. The number of hydrogen-bond donors (Lipinski definition) is 2. The largest absolute Gasteiger partial charge is 0.358 e. The Kier molecular flexibility index (Phi) is 2.58. The van der Waals surface area contributed by atoms with Gasteiger partial charge in [0.15, 0.2) is 0 Å². The van der Waals surface area contributed by atoms with E-state index in [0.29, 0.717) is 0 Å². The second-order valence-corrected chi connectivity index (χ2v) is 6.57. The molecule has 0 aliphatic rings. The number of benzene rings is 1. The van der Waals surface area contributed by atoms with E-state index in [-0.39, 0.29) is 10.2 Å². The fraction of sp³-hybridized carbons (Fsp3) is 0.429. The molecule has 2 heteroatoms. The van der Waals surface area contributed by atoms with Crippen LogP contribution in [0.3, 0.4) is 0 Å². The molecule has 0 amide bonds. The first-order valence-corrected chi connectivity index (χ1v) is 6.08. The number of fused-ring (bicyclic) bond motifs is 1. The molecule has 0 bridgehead atoms. The van der Waals surface area contributed by atoms with Crippen molar-refractivity contribution in [2.24, 2.45) is 0 Å². The van der Waals surface area contributed by atoms with E-state index in [1.807, 2.05) is 0 Å². The van der Waals surface area contributed by atoms with Gasteiger partial charge in [-0.3, -0.25) is 0 Å². The molecule has 0 atom stereocenters. The molecule has 0 fully saturated rings. The molecule has 86 valence electrons. The Morgan fingerprint density at radius 2 is 1.69 bits per heavy atom. The van der Waals surface area contributed by atoms with Crippen molar-refractivity contribution in [1.82, 2.24) is 4.98 Å². The number of aromatic nitrogens is 1. The zero-order chi connectivity index (χ0) is 12.0. The maximum absolute atomic E-state index is 4.71. The molecule has 0 radical (unpaired) electrons. The van der Waals surface area contributed by atoms with Crippen molar-refractivity contribution in [3.63, 3.8) is 0 Å². The Hall–Kier alpha value is -0.890. The third kappa shape index (κ3) is 1.75. The molecule has 0 unspecified atom stereocenters. The van der Waals surface area contributed by atoms with Crippen molar-refractivity contribution in [2.45, 2.75) is 37.9 Å². The summed E-state index contributed by atoms with van der Waals surface area (Å²) in [4.78, 5) is 3.49. The number of aromatic amines is 1. The van der Waals surface area contributed by atoms with E-state index in [1.165, 1.54) is 16.6 Å². The Labute approximate surface area is 103 Å². The fourth-order valence-corrected chi connectivity index (χ4v) is 1.86. The van der Waals surface area contributed by atoms with Gasteiger partial charge in [-0.2, -0.15) is 12.6 Å². The highest BCUT2D eigenvalue weighted by Crippen LogP contribution is 2.39. The summed E-state index contributed by atoms with van der Waals surface area (Å²) < 4.78 is -0.0616. The molecule has 1 aromatic carbocycles. The summed E-state index contributed by atoms with van der Waals surface area (Å²) in [5.41, 5.74) is 2.45. The number of rotatable bonds is 2. The molecule has 0 saturated carbocycles. The lowest BCUT2D eigenvalue weighted by atomic mass is 9.77. The van der Waals surface area contributed by atoms with E-state index < -0.39 is 0 Å². The summed E-state index contributed by atoms with van der Waals surface area (Å²) in [6, 6.07) is 10.6. The van der Waals surface area contributed by atoms with Crippen molar-refractivity contribution in [3.8, 4) is 0 Å². The Balaban J connectivity index is 2.56. The Morgan fingerprint density at radius 3 is 2.25 bits per heavy atom. The van der Waals surface area contributed by atoms with Gasteiger partial charge in [-0.15, -0.1) is 0 Å². The minimum absolute atomic E-state index is 0.00906. The molecule has 16 heavy (non-hydrogen) atoms. The number of hydrogen-bond acceptors (Lipinski definition) is 1. The Morgan fingerprint density at radius 1 is 1.06 bits per heavy atom. The summed E-state index contributed by atoms with van der Waals surface area (Å²) in [6.07, 6.45) is 0. The minimum Gasteiger partial charge on any atom is -0.358 e. The van der Waals surface area contributed by atoms with Gasteiger partial charge in [0.2, 0.25) is 0 Å². The van der Waals surface area contributed by atoms with Gasteiger partial charge < -0.3 is 4.98 Å². The molecule has 1 N–H and O–H groups in total. The predicted octanol–water partition coefficient (Wildman–Crippen LogP) is 4.15. The number of thiol groups is 1. The maximum atomic E-state index is 4.71. The van der Waals surface area contributed by atoms with E-state index in [0.717, 1.165) is 0 Å². The number of nitrogens with one attached hydrogen (secondary N) is 1. The summed E-state index contributed by atoms with van der Waals surface area (Å²) in [5.74, 6) is 0. The van der Waals surface area contributed by atoms with E-state index >= 15 is 0 Å². The molecule has 0 saturated heterocycles. The lowest BCUT2D eigenvalue weighted by Gasteiger charge is -2.37. The first-order chi connectivity index (χ1) is 7.32. The molecule has 1 heterocycles. The SMILES string of the molecule is CC(C)(S)C(C)(C)c1cc2ccccc2[nH]1. The van der Waals surface area contributed by atoms with Crippen LogP contribution in [0, 0.1) is 0 Å². The lowest BCUT2D eigenvalue weighted by molar-refractivity contribution is 0.406. The monoisotopic (exact) mass is 233 g/mol. The molecule has 2 rings (SSSR count). The van der Waals surface area contributed by atoms with Crippen molar-refractivity contribution < 1.29 is 0 Å². The summed E-state index contributed by atoms with van der Waals surface area (Å²) >= 11 is 4.71. The van der Waals surface area contributed by atoms with Crippen LogP contribution in [-0.2, 0) is 5.41 Å². The molecule has 2 aromatic rings. The molecule has 1 aromatic heterocycles. The van der Waals surface area contributed by atoms with Crippen molar-refractivity contribution in [2.75, 3.05) is 0 Å². The van der Waals surface area contributed by atoms with Crippen LogP contribution in [-0.4, -0.2) is 9.73 Å². The van der Waals surface area contributed by atoms with Gasteiger partial charge in [0.05, 0.1) is 0 Å². The highest BCUT2D eigenvalue weighted by molar-refractivity contribution is 7.81. The van der Waals surface area contributed by atoms with Crippen LogP contribution in [0.25, 0.3) is 10.9 Å². The van der Waals surface area contributed by atoms with Gasteiger partial charge in [0.25, 0.3) is 0 Å². The molecule has 0 aliphatic heterocycles. The van der Waals surface area contributed by atoms with E-state index in [2.05, 4.69) is 63.0 Å². The van der Waals surface area contributed by atoms with Crippen LogP contribution in [0.5, 0.6) is 0 Å². The van der Waals surface area contributed by atoms with Gasteiger partial charge in [-0.1, -0.05) is 45.9 Å². The van der Waals surface area contributed by atoms with Crippen LogP contribution in [0.4, 0.5) is 0 Å². The second kappa shape index (κ2) is 3.56. The van der Waals surface area contributed by atoms with Gasteiger partial charge in [0.1, 0.15) is 0 Å². The Bertz CT molecular complexity index is 470. The highest BCUT2D eigenvalue weighted by atomic mass is 32.1. The van der Waals surface area contributed by atoms with Crippen molar-refractivity contribution >= 4 is 23.5 Å². The smallest absolute Gasteiger partial charge is 0.0456 e. The number of H-pyrrole nitrogens is 1. The van der Waals surface area contributed by atoms with Crippen LogP contribution >= 0.6 is 12.6 Å². The average molecular weight is 233 g/mol. The van der Waals surface area contributed by atoms with Crippen molar-refractivity contribution in [1.29, 1.82) is 0 Å². The normalized spacial score (nSPS) is 13.3. The van der Waals surface area contributed by atoms with Crippen LogP contribution in [0.1, 0.15) is 33.4 Å². The van der Waals surface area contributed by atoms with Crippen LogP contribution < -0.4 is 0 Å². The quantitative estimate of drug-likeness (QED) is 0.725. The lowest BCUT2D eigenvalue weighted by Crippen LogP contribution is -2.38. The van der Waals surface area contributed by atoms with Gasteiger partial charge >= 0.3 is 0 Å². The molecular weight excluding hydrogens is 214 g/mol. The number of para-hydroxylation sites is 1. The highest BCUT2D eigenvalue weighted by Gasteiger charge is 2.36. The van der Waals surface area contributed by atoms with E-state index in [9.17, 15) is 0 Å². The average Bonchev–Trinajstić information content (AvgIpc) is 2.59. The van der Waals surface area contributed by atoms with Gasteiger partial charge in [-0.25, -0.2) is 0 Å². The van der Waals surface area contributed by atoms with Crippen molar-refractivity contribution in [3.05, 3.63) is 36.0 Å². The topological polar surface area (TPSA) is 15.8 Å². The molecular formula is C14H19NS. The standard InChI is InChI=1S/C14H19NS/c1-13(2,14(3,4)16)12-9-10-7-5-6-8-11(10)15-12/h5-9,15-16H,1-4H3. The second-order valence-electron chi connectivity index (χ2n) is 5.45. The van der Waals surface area contributed by atoms with Gasteiger partial charge in [-0.05, 0) is 17.5 Å². The summed E-state index contributed by atoms with van der Waals surface area (Å²) in [6.45, 7) is 8.76. The minimum atomic E-state index is -0.0616. The van der Waals surface area contributed by atoms with E-state index in [1.54, 1.807) is 0 Å². The predicted molar refractivity (Wildman–Crippen MR) is 74.4 cm³/mol. The van der Waals surface area contributed by atoms with Crippen LogP contribution in [0.15, 0.2) is 30.3 Å².